The Bertz CT molecular complexity index is 370. The number of hydrogen-bond donors (Lipinski definition) is 2. The van der Waals surface area contributed by atoms with E-state index in [9.17, 15) is 0 Å². The Morgan fingerprint density at radius 1 is 1.53 bits per heavy atom. The molecule has 96 valence electrons. The molecule has 0 atom stereocenters. The van der Waals surface area contributed by atoms with E-state index in [0.717, 1.165) is 19.6 Å². The summed E-state index contributed by atoms with van der Waals surface area (Å²) in [5.41, 5.74) is 6.34. The summed E-state index contributed by atoms with van der Waals surface area (Å²) in [6, 6.07) is 0. The highest BCUT2D eigenvalue weighted by atomic mass is 35.5. The van der Waals surface area contributed by atoms with Gasteiger partial charge >= 0.3 is 0 Å². The van der Waals surface area contributed by atoms with Gasteiger partial charge < -0.3 is 15.8 Å². The van der Waals surface area contributed by atoms with Crippen molar-refractivity contribution in [2.45, 2.75) is 20.3 Å². The summed E-state index contributed by atoms with van der Waals surface area (Å²) < 4.78 is 5.07. The summed E-state index contributed by atoms with van der Waals surface area (Å²) in [5.74, 6) is 0.579. The van der Waals surface area contributed by atoms with Crippen molar-refractivity contribution in [3.8, 4) is 0 Å². The molecule has 1 rings (SSSR count). The van der Waals surface area contributed by atoms with Crippen molar-refractivity contribution < 1.29 is 4.74 Å². The second kappa shape index (κ2) is 6.02. The molecule has 0 aromatic carbocycles. The van der Waals surface area contributed by atoms with Gasteiger partial charge in [0.1, 0.15) is 0 Å². The molecule has 3 N–H and O–H groups in total. The zero-order chi connectivity index (χ0) is 12.9. The molecule has 0 amide bonds. The van der Waals surface area contributed by atoms with Gasteiger partial charge in [-0.25, -0.2) is 4.98 Å². The summed E-state index contributed by atoms with van der Waals surface area (Å²) in [5, 5.41) is 3.38. The van der Waals surface area contributed by atoms with Gasteiger partial charge in [-0.3, -0.25) is 0 Å². The predicted octanol–water partition coefficient (Wildman–Crippen LogP) is 2.19. The Morgan fingerprint density at radius 2 is 2.24 bits per heavy atom. The van der Waals surface area contributed by atoms with E-state index in [4.69, 9.17) is 22.1 Å². The number of anilines is 2. The SMILES string of the molecule is COCCC(C)(C)CNc1nc(Cl)ncc1N. The normalized spacial score (nSPS) is 11.5. The molecule has 0 fully saturated rings. The summed E-state index contributed by atoms with van der Waals surface area (Å²) in [7, 11) is 1.70. The minimum atomic E-state index is 0.0971. The number of rotatable bonds is 6. The van der Waals surface area contributed by atoms with Crippen LogP contribution in [0, 0.1) is 5.41 Å². The summed E-state index contributed by atoms with van der Waals surface area (Å²) in [4.78, 5) is 7.85. The monoisotopic (exact) mass is 258 g/mol. The molecular weight excluding hydrogens is 240 g/mol. The number of nitrogens with one attached hydrogen (secondary N) is 1. The first-order chi connectivity index (χ1) is 7.94. The molecule has 0 aliphatic rings. The van der Waals surface area contributed by atoms with Gasteiger partial charge in [0.25, 0.3) is 0 Å². The molecule has 0 bridgehead atoms. The molecule has 0 radical (unpaired) electrons. The quantitative estimate of drug-likeness (QED) is 0.765. The molecule has 17 heavy (non-hydrogen) atoms. The van der Waals surface area contributed by atoms with Crippen molar-refractivity contribution in [2.24, 2.45) is 5.41 Å². The Labute approximate surface area is 107 Å². The molecule has 6 heteroatoms. The summed E-state index contributed by atoms with van der Waals surface area (Å²) in [6.07, 6.45) is 2.45. The lowest BCUT2D eigenvalue weighted by Crippen LogP contribution is -2.25. The van der Waals surface area contributed by atoms with E-state index in [-0.39, 0.29) is 10.7 Å². The number of nitrogens with two attached hydrogens (primary N) is 1. The van der Waals surface area contributed by atoms with Crippen LogP contribution < -0.4 is 11.1 Å². The second-order valence-electron chi connectivity index (χ2n) is 4.70. The number of nitrogen functional groups attached to an aromatic ring is 1. The molecule has 0 aliphatic heterocycles. The van der Waals surface area contributed by atoms with Gasteiger partial charge in [-0.15, -0.1) is 0 Å². The Morgan fingerprint density at radius 3 is 2.88 bits per heavy atom. The maximum absolute atomic E-state index is 5.75. The summed E-state index contributed by atoms with van der Waals surface area (Å²) >= 11 is 5.71. The highest BCUT2D eigenvalue weighted by molar-refractivity contribution is 6.28. The van der Waals surface area contributed by atoms with E-state index in [2.05, 4.69) is 29.1 Å². The van der Waals surface area contributed by atoms with E-state index in [1.165, 1.54) is 6.20 Å². The van der Waals surface area contributed by atoms with Crippen molar-refractivity contribution in [3.05, 3.63) is 11.5 Å². The van der Waals surface area contributed by atoms with Crippen LogP contribution in [0.3, 0.4) is 0 Å². The van der Waals surface area contributed by atoms with E-state index in [1.807, 2.05) is 0 Å². The van der Waals surface area contributed by atoms with Crippen molar-refractivity contribution >= 4 is 23.1 Å². The number of halogens is 1. The van der Waals surface area contributed by atoms with E-state index >= 15 is 0 Å². The lowest BCUT2D eigenvalue weighted by atomic mass is 9.90. The lowest BCUT2D eigenvalue weighted by molar-refractivity contribution is 0.157. The Hall–Kier alpha value is -1.07. The fraction of sp³-hybridized carbons (Fsp3) is 0.636. The molecule has 1 aromatic rings. The molecule has 1 aromatic heterocycles. The molecule has 0 unspecified atom stereocenters. The maximum Gasteiger partial charge on any atom is 0.224 e. The van der Waals surface area contributed by atoms with Crippen LogP contribution >= 0.6 is 11.6 Å². The minimum Gasteiger partial charge on any atom is -0.394 e. The van der Waals surface area contributed by atoms with Crippen LogP contribution in [-0.2, 0) is 4.74 Å². The van der Waals surface area contributed by atoms with Gasteiger partial charge in [0.2, 0.25) is 5.28 Å². The van der Waals surface area contributed by atoms with E-state index < -0.39 is 0 Å². The van der Waals surface area contributed by atoms with Crippen LogP contribution in [0.25, 0.3) is 0 Å². The third-order valence-electron chi connectivity index (χ3n) is 2.51. The molecule has 0 spiro atoms. The Kier molecular flexibility index (Phi) is 4.96. The van der Waals surface area contributed by atoms with Crippen LogP contribution in [0.2, 0.25) is 5.28 Å². The summed E-state index contributed by atoms with van der Waals surface area (Å²) in [6.45, 7) is 5.78. The third kappa shape index (κ3) is 4.75. The smallest absolute Gasteiger partial charge is 0.224 e. The van der Waals surface area contributed by atoms with Gasteiger partial charge in [0.05, 0.1) is 11.9 Å². The van der Waals surface area contributed by atoms with Crippen molar-refractivity contribution in [1.29, 1.82) is 0 Å². The lowest BCUT2D eigenvalue weighted by Gasteiger charge is -2.25. The third-order valence-corrected chi connectivity index (χ3v) is 2.69. The van der Waals surface area contributed by atoms with Gasteiger partial charge in [0, 0.05) is 20.3 Å². The number of hydrogen-bond acceptors (Lipinski definition) is 5. The van der Waals surface area contributed by atoms with Crippen LogP contribution in [-0.4, -0.2) is 30.2 Å². The van der Waals surface area contributed by atoms with Crippen LogP contribution in [0.1, 0.15) is 20.3 Å². The second-order valence-corrected chi connectivity index (χ2v) is 5.04. The molecule has 5 nitrogen and oxygen atoms in total. The number of aromatic nitrogens is 2. The zero-order valence-electron chi connectivity index (χ0n) is 10.5. The fourth-order valence-corrected chi connectivity index (χ4v) is 1.43. The van der Waals surface area contributed by atoms with E-state index in [0.29, 0.717) is 11.5 Å². The van der Waals surface area contributed by atoms with Crippen LogP contribution in [0.5, 0.6) is 0 Å². The largest absolute Gasteiger partial charge is 0.394 e. The molecule has 0 saturated carbocycles. The molecule has 1 heterocycles. The average Bonchev–Trinajstić information content (AvgIpc) is 2.28. The molecule has 0 saturated heterocycles. The number of ether oxygens (including phenoxy) is 1. The van der Waals surface area contributed by atoms with Gasteiger partial charge in [-0.1, -0.05) is 13.8 Å². The van der Waals surface area contributed by atoms with Crippen molar-refractivity contribution in [2.75, 3.05) is 31.3 Å². The fourth-order valence-electron chi connectivity index (χ4n) is 1.30. The van der Waals surface area contributed by atoms with Gasteiger partial charge in [-0.05, 0) is 23.4 Å². The Balaban J connectivity index is 2.57. The minimum absolute atomic E-state index is 0.0971. The van der Waals surface area contributed by atoms with Crippen molar-refractivity contribution in [3.63, 3.8) is 0 Å². The standard InChI is InChI=1S/C11H19ClN4O/c1-11(2,4-5-17-3)7-15-9-8(13)6-14-10(12)16-9/h6H,4-5,7,13H2,1-3H3,(H,14,15,16). The van der Waals surface area contributed by atoms with Gasteiger partial charge in [0.15, 0.2) is 5.82 Å². The topological polar surface area (TPSA) is 73.1 Å². The number of nitrogens with zero attached hydrogens (tertiary/aromatic N) is 2. The number of methoxy groups -OCH3 is 1. The molecule has 0 aliphatic carbocycles. The first kappa shape index (κ1) is 14.0. The van der Waals surface area contributed by atoms with E-state index in [1.54, 1.807) is 7.11 Å². The highest BCUT2D eigenvalue weighted by Gasteiger charge is 2.18. The molecular formula is C11H19ClN4O. The maximum atomic E-state index is 5.75. The van der Waals surface area contributed by atoms with Gasteiger partial charge in [-0.2, -0.15) is 4.98 Å². The highest BCUT2D eigenvalue weighted by Crippen LogP contribution is 2.23. The van der Waals surface area contributed by atoms with Crippen LogP contribution in [0.4, 0.5) is 11.5 Å². The first-order valence-corrected chi connectivity index (χ1v) is 5.83. The first-order valence-electron chi connectivity index (χ1n) is 5.45. The predicted molar refractivity (Wildman–Crippen MR) is 70.2 cm³/mol. The van der Waals surface area contributed by atoms with Crippen molar-refractivity contribution in [1.82, 2.24) is 9.97 Å². The zero-order valence-corrected chi connectivity index (χ0v) is 11.2. The average molecular weight is 259 g/mol. The van der Waals surface area contributed by atoms with Crippen LogP contribution in [0.15, 0.2) is 6.20 Å².